The van der Waals surface area contributed by atoms with Gasteiger partial charge in [0.15, 0.2) is 0 Å². The average Bonchev–Trinajstić information content (AvgIpc) is 3.07. The number of H-pyrrole nitrogens is 1. The Labute approximate surface area is 148 Å². The van der Waals surface area contributed by atoms with E-state index in [0.29, 0.717) is 12.2 Å². The maximum atomic E-state index is 13.0. The molecule has 1 saturated heterocycles. The second-order valence-corrected chi connectivity index (χ2v) is 6.62. The van der Waals surface area contributed by atoms with E-state index in [2.05, 4.69) is 34.2 Å². The first-order valence-corrected chi connectivity index (χ1v) is 8.80. The average molecular weight is 342 g/mol. The van der Waals surface area contributed by atoms with Crippen molar-refractivity contribution in [2.75, 3.05) is 32.8 Å². The Bertz CT molecular complexity index is 680. The molecule has 3 rings (SSSR count). The number of nitrogens with zero attached hydrogens (tertiary/aromatic N) is 3. The molecule has 1 N–H and O–H groups in total. The number of amides is 1. The quantitative estimate of drug-likeness (QED) is 0.873. The predicted octanol–water partition coefficient (Wildman–Crippen LogP) is 2.08. The highest BCUT2D eigenvalue weighted by molar-refractivity contribution is 5.92. The Balaban J connectivity index is 1.76. The van der Waals surface area contributed by atoms with Crippen LogP contribution < -0.4 is 0 Å². The van der Waals surface area contributed by atoms with E-state index in [-0.39, 0.29) is 11.9 Å². The number of aromatic nitrogens is 2. The summed E-state index contributed by atoms with van der Waals surface area (Å²) in [5.74, 6) is -0.0334. The lowest BCUT2D eigenvalue weighted by molar-refractivity contribution is 0.0227. The lowest BCUT2D eigenvalue weighted by atomic mass is 10.1. The Hall–Kier alpha value is -2.18. The van der Waals surface area contributed by atoms with Gasteiger partial charge < -0.3 is 9.64 Å². The summed E-state index contributed by atoms with van der Waals surface area (Å²) in [5, 5.41) is 7.02. The van der Waals surface area contributed by atoms with Gasteiger partial charge in [0.1, 0.15) is 5.69 Å². The molecule has 6 heteroatoms. The van der Waals surface area contributed by atoms with Crippen molar-refractivity contribution in [3.63, 3.8) is 0 Å². The largest absolute Gasteiger partial charge is 0.379 e. The van der Waals surface area contributed by atoms with Gasteiger partial charge in [0.25, 0.3) is 5.91 Å². The number of aromatic amines is 1. The maximum Gasteiger partial charge on any atom is 0.274 e. The fourth-order valence-corrected chi connectivity index (χ4v) is 3.14. The molecule has 2 aromatic rings. The number of ether oxygens (including phenoxy) is 1. The molecule has 0 bridgehead atoms. The molecule has 1 aliphatic heterocycles. The molecule has 0 saturated carbocycles. The molecule has 1 unspecified atom stereocenters. The molecule has 2 heterocycles. The number of morpholine rings is 1. The van der Waals surface area contributed by atoms with Gasteiger partial charge in [0, 0.05) is 37.9 Å². The van der Waals surface area contributed by atoms with E-state index in [1.807, 2.05) is 36.1 Å². The molecule has 1 aliphatic rings. The lowest BCUT2D eigenvalue weighted by Gasteiger charge is -2.35. The Morgan fingerprint density at radius 3 is 2.68 bits per heavy atom. The van der Waals surface area contributed by atoms with E-state index in [1.165, 1.54) is 0 Å². The minimum Gasteiger partial charge on any atom is -0.379 e. The van der Waals surface area contributed by atoms with Crippen LogP contribution in [0.3, 0.4) is 0 Å². The van der Waals surface area contributed by atoms with Crippen molar-refractivity contribution in [3.8, 4) is 0 Å². The van der Waals surface area contributed by atoms with Crippen LogP contribution in [-0.2, 0) is 11.3 Å². The normalized spacial score (nSPS) is 16.6. The summed E-state index contributed by atoms with van der Waals surface area (Å²) in [5.41, 5.74) is 2.49. The highest BCUT2D eigenvalue weighted by Crippen LogP contribution is 2.14. The minimum atomic E-state index is -0.0334. The van der Waals surface area contributed by atoms with Crippen LogP contribution in [0, 0.1) is 6.92 Å². The van der Waals surface area contributed by atoms with Crippen LogP contribution in [0.15, 0.2) is 36.4 Å². The number of carbonyl (C=O) groups is 1. The first kappa shape index (κ1) is 17.6. The van der Waals surface area contributed by atoms with E-state index >= 15 is 0 Å². The van der Waals surface area contributed by atoms with Crippen molar-refractivity contribution in [3.05, 3.63) is 53.3 Å². The Morgan fingerprint density at radius 1 is 1.32 bits per heavy atom. The topological polar surface area (TPSA) is 61.5 Å². The lowest BCUT2D eigenvalue weighted by Crippen LogP contribution is -2.48. The van der Waals surface area contributed by atoms with Crippen LogP contribution in [-0.4, -0.2) is 64.8 Å². The van der Waals surface area contributed by atoms with Gasteiger partial charge in [0.2, 0.25) is 0 Å². The number of nitrogens with one attached hydrogen (secondary N) is 1. The summed E-state index contributed by atoms with van der Waals surface area (Å²) in [7, 11) is 0. The van der Waals surface area contributed by atoms with Gasteiger partial charge in [0.05, 0.1) is 13.2 Å². The monoisotopic (exact) mass is 342 g/mol. The van der Waals surface area contributed by atoms with Crippen molar-refractivity contribution in [1.29, 1.82) is 0 Å². The molecule has 1 aromatic heterocycles. The maximum absolute atomic E-state index is 13.0. The summed E-state index contributed by atoms with van der Waals surface area (Å²) < 4.78 is 5.42. The van der Waals surface area contributed by atoms with Crippen molar-refractivity contribution >= 4 is 5.91 Å². The summed E-state index contributed by atoms with van der Waals surface area (Å²) >= 11 is 0. The molecular weight excluding hydrogens is 316 g/mol. The van der Waals surface area contributed by atoms with Gasteiger partial charge in [-0.25, -0.2) is 0 Å². The summed E-state index contributed by atoms with van der Waals surface area (Å²) in [6.07, 6.45) is 0. The number of benzene rings is 1. The van der Waals surface area contributed by atoms with E-state index in [9.17, 15) is 4.79 Å². The summed E-state index contributed by atoms with van der Waals surface area (Å²) in [4.78, 5) is 17.3. The zero-order valence-electron chi connectivity index (χ0n) is 14.9. The smallest absolute Gasteiger partial charge is 0.274 e. The Morgan fingerprint density at radius 2 is 2.04 bits per heavy atom. The first-order chi connectivity index (χ1) is 12.1. The SMILES string of the molecule is Cc1cc(C(=O)N(Cc2ccccc2)C(C)CN2CCOCC2)n[nH]1. The van der Waals surface area contributed by atoms with E-state index in [4.69, 9.17) is 4.74 Å². The van der Waals surface area contributed by atoms with Gasteiger partial charge in [-0.1, -0.05) is 30.3 Å². The molecule has 1 fully saturated rings. The van der Waals surface area contributed by atoms with Crippen LogP contribution in [0.4, 0.5) is 0 Å². The molecular formula is C19H26N4O2. The predicted molar refractivity (Wildman–Crippen MR) is 96.4 cm³/mol. The number of hydrogen-bond donors (Lipinski definition) is 1. The van der Waals surface area contributed by atoms with Gasteiger partial charge in [-0.15, -0.1) is 0 Å². The van der Waals surface area contributed by atoms with Crippen molar-refractivity contribution in [2.45, 2.75) is 26.4 Å². The van der Waals surface area contributed by atoms with E-state index in [0.717, 1.165) is 44.1 Å². The van der Waals surface area contributed by atoms with Crippen LogP contribution >= 0.6 is 0 Å². The van der Waals surface area contributed by atoms with Crippen molar-refractivity contribution in [2.24, 2.45) is 0 Å². The minimum absolute atomic E-state index is 0.0334. The first-order valence-electron chi connectivity index (χ1n) is 8.80. The highest BCUT2D eigenvalue weighted by Gasteiger charge is 2.25. The molecule has 1 amide bonds. The van der Waals surface area contributed by atoms with Gasteiger partial charge in [-0.05, 0) is 25.5 Å². The van der Waals surface area contributed by atoms with E-state index in [1.54, 1.807) is 0 Å². The fourth-order valence-electron chi connectivity index (χ4n) is 3.14. The fraction of sp³-hybridized carbons (Fsp3) is 0.474. The molecule has 0 aliphatic carbocycles. The molecule has 0 spiro atoms. The summed E-state index contributed by atoms with van der Waals surface area (Å²) in [6, 6.07) is 12.0. The van der Waals surface area contributed by atoms with Crippen molar-refractivity contribution in [1.82, 2.24) is 20.0 Å². The zero-order chi connectivity index (χ0) is 17.6. The van der Waals surface area contributed by atoms with Gasteiger partial charge >= 0.3 is 0 Å². The zero-order valence-corrected chi connectivity index (χ0v) is 14.9. The van der Waals surface area contributed by atoms with Crippen LogP contribution in [0.5, 0.6) is 0 Å². The number of aryl methyl sites for hydroxylation is 1. The molecule has 134 valence electrons. The molecule has 1 aromatic carbocycles. The van der Waals surface area contributed by atoms with Crippen LogP contribution in [0.2, 0.25) is 0 Å². The second kappa shape index (κ2) is 8.27. The Kier molecular flexibility index (Phi) is 5.83. The third kappa shape index (κ3) is 4.67. The number of rotatable bonds is 6. The number of hydrogen-bond acceptors (Lipinski definition) is 4. The molecule has 1 atom stereocenters. The van der Waals surface area contributed by atoms with E-state index < -0.39 is 0 Å². The second-order valence-electron chi connectivity index (χ2n) is 6.62. The third-order valence-corrected chi connectivity index (χ3v) is 4.54. The molecule has 0 radical (unpaired) electrons. The third-order valence-electron chi connectivity index (χ3n) is 4.54. The standard InChI is InChI=1S/C19H26N4O2/c1-15-12-18(21-20-15)19(24)23(14-17-6-4-3-5-7-17)16(2)13-22-8-10-25-11-9-22/h3-7,12,16H,8-11,13-14H2,1-2H3,(H,20,21). The highest BCUT2D eigenvalue weighted by atomic mass is 16.5. The van der Waals surface area contributed by atoms with Crippen LogP contribution in [0.25, 0.3) is 0 Å². The number of carbonyl (C=O) groups excluding carboxylic acids is 1. The molecule has 6 nitrogen and oxygen atoms in total. The molecule has 25 heavy (non-hydrogen) atoms. The van der Waals surface area contributed by atoms with Gasteiger partial charge in [-0.2, -0.15) is 5.10 Å². The van der Waals surface area contributed by atoms with Crippen LogP contribution in [0.1, 0.15) is 28.7 Å². The van der Waals surface area contributed by atoms with Gasteiger partial charge in [-0.3, -0.25) is 14.8 Å². The van der Waals surface area contributed by atoms with Crippen molar-refractivity contribution < 1.29 is 9.53 Å². The summed E-state index contributed by atoms with van der Waals surface area (Å²) in [6.45, 7) is 8.79.